The first-order chi connectivity index (χ1) is 14.3. The summed E-state index contributed by atoms with van der Waals surface area (Å²) in [5, 5.41) is 0. The van der Waals surface area contributed by atoms with Gasteiger partial charge in [0, 0.05) is 27.2 Å². The lowest BCUT2D eigenvalue weighted by atomic mass is 10.2. The second kappa shape index (κ2) is 8.19. The summed E-state index contributed by atoms with van der Waals surface area (Å²) in [5.74, 6) is -1.39. The molecule has 0 spiro atoms. The molecule has 156 valence electrons. The highest BCUT2D eigenvalue weighted by molar-refractivity contribution is 8.24. The number of thioether (sulfide) groups is 1. The van der Waals surface area contributed by atoms with Crippen molar-refractivity contribution in [2.45, 2.75) is 15.5 Å². The minimum absolute atomic E-state index is 0.0127. The van der Waals surface area contributed by atoms with Crippen molar-refractivity contribution < 1.29 is 25.4 Å². The number of oxazole rings is 2. The maximum Gasteiger partial charge on any atom is 0.288 e. The van der Waals surface area contributed by atoms with E-state index in [2.05, 4.69) is 9.97 Å². The smallest absolute Gasteiger partial charge is 0.288 e. The predicted octanol–water partition coefficient (Wildman–Crippen LogP) is 7.54. The molecule has 0 atom stereocenters. The van der Waals surface area contributed by atoms with E-state index in [-0.39, 0.29) is 16.7 Å². The third-order valence-corrected chi connectivity index (χ3v) is 5.93. The highest BCUT2D eigenvalue weighted by atomic mass is 32.3. The van der Waals surface area contributed by atoms with Crippen molar-refractivity contribution in [2.24, 2.45) is 0 Å². The second-order valence-corrected chi connectivity index (χ2v) is 9.20. The van der Waals surface area contributed by atoms with Crippen molar-refractivity contribution in [3.05, 3.63) is 60.9 Å². The summed E-state index contributed by atoms with van der Waals surface area (Å²) in [6.45, 7) is 0. The summed E-state index contributed by atoms with van der Waals surface area (Å²) in [4.78, 5) is 8.71. The van der Waals surface area contributed by atoms with E-state index in [4.69, 9.17) is 8.83 Å². The van der Waals surface area contributed by atoms with Gasteiger partial charge in [0.25, 0.3) is 17.5 Å². The minimum Gasteiger partial charge on any atom is -0.432 e. The molecule has 0 fully saturated rings. The number of aromatic nitrogens is 2. The SMILES string of the molecule is CS(F)(F)c1ccc(-c2cnc(-c3ncc(-c4ccc(SC(F)F)cc4)o3)o2)cc1. The number of nitrogens with zero attached hydrogens (tertiary/aromatic N) is 2. The molecule has 0 amide bonds. The Bertz CT molecular complexity index is 1140. The lowest BCUT2D eigenvalue weighted by molar-refractivity contribution is 0.252. The Morgan fingerprint density at radius 3 is 1.70 bits per heavy atom. The van der Waals surface area contributed by atoms with Gasteiger partial charge in [0.1, 0.15) is 0 Å². The van der Waals surface area contributed by atoms with Crippen LogP contribution in [-0.2, 0) is 0 Å². The molecular weight excluding hydrogens is 440 g/mol. The Labute approximate surface area is 175 Å². The molecule has 2 aromatic heterocycles. The van der Waals surface area contributed by atoms with Crippen LogP contribution in [-0.4, -0.2) is 22.0 Å². The Morgan fingerprint density at radius 2 is 1.27 bits per heavy atom. The quantitative estimate of drug-likeness (QED) is 0.222. The molecule has 30 heavy (non-hydrogen) atoms. The van der Waals surface area contributed by atoms with Gasteiger partial charge in [0.2, 0.25) is 0 Å². The molecule has 0 saturated carbocycles. The average Bonchev–Trinajstić information content (AvgIpc) is 3.37. The molecule has 0 saturated heterocycles. The number of alkyl halides is 2. The van der Waals surface area contributed by atoms with Crippen LogP contribution in [0.1, 0.15) is 0 Å². The van der Waals surface area contributed by atoms with Crippen LogP contribution in [0.3, 0.4) is 0 Å². The van der Waals surface area contributed by atoms with Gasteiger partial charge >= 0.3 is 0 Å². The van der Waals surface area contributed by atoms with Crippen molar-refractivity contribution >= 4 is 22.6 Å². The van der Waals surface area contributed by atoms with Gasteiger partial charge in [-0.2, -0.15) is 16.6 Å². The molecule has 0 radical (unpaired) electrons. The van der Waals surface area contributed by atoms with Gasteiger partial charge in [0.05, 0.1) is 23.2 Å². The molecule has 4 nitrogen and oxygen atoms in total. The van der Waals surface area contributed by atoms with Crippen molar-refractivity contribution in [3.63, 3.8) is 0 Å². The lowest BCUT2D eigenvalue weighted by Crippen LogP contribution is -1.83. The third kappa shape index (κ3) is 4.54. The van der Waals surface area contributed by atoms with E-state index in [0.717, 1.165) is 6.26 Å². The van der Waals surface area contributed by atoms with Crippen LogP contribution in [0.25, 0.3) is 34.4 Å². The first-order valence-corrected chi connectivity index (χ1v) is 11.3. The van der Waals surface area contributed by atoms with Gasteiger partial charge in [-0.15, -0.1) is 0 Å². The van der Waals surface area contributed by atoms with E-state index in [1.165, 1.54) is 24.5 Å². The minimum atomic E-state index is -3.78. The fraction of sp³-hybridized carbons (Fsp3) is 0.100. The Morgan fingerprint density at radius 1 is 0.800 bits per heavy atom. The first-order valence-electron chi connectivity index (χ1n) is 8.55. The van der Waals surface area contributed by atoms with Gasteiger partial charge < -0.3 is 8.83 Å². The number of halogens is 4. The predicted molar refractivity (Wildman–Crippen MR) is 109 cm³/mol. The molecule has 0 bridgehead atoms. The monoisotopic (exact) mass is 454 g/mol. The van der Waals surface area contributed by atoms with Crippen LogP contribution >= 0.6 is 22.6 Å². The van der Waals surface area contributed by atoms with Crippen LogP contribution in [0.2, 0.25) is 0 Å². The molecule has 0 aliphatic heterocycles. The average molecular weight is 454 g/mol. The molecule has 4 rings (SSSR count). The summed E-state index contributed by atoms with van der Waals surface area (Å²) < 4.78 is 63.0. The van der Waals surface area contributed by atoms with Gasteiger partial charge in [-0.3, -0.25) is 0 Å². The highest BCUT2D eigenvalue weighted by Gasteiger charge is 2.19. The summed E-state index contributed by atoms with van der Waals surface area (Å²) in [7, 11) is -3.78. The fourth-order valence-electron chi connectivity index (χ4n) is 2.67. The zero-order valence-electron chi connectivity index (χ0n) is 15.4. The first kappa shape index (κ1) is 20.5. The number of hydrogen-bond acceptors (Lipinski definition) is 5. The van der Waals surface area contributed by atoms with E-state index in [9.17, 15) is 16.6 Å². The summed E-state index contributed by atoms with van der Waals surface area (Å²) in [6, 6.07) is 12.3. The van der Waals surface area contributed by atoms with E-state index in [0.29, 0.717) is 39.3 Å². The van der Waals surface area contributed by atoms with Gasteiger partial charge in [0.15, 0.2) is 11.5 Å². The summed E-state index contributed by atoms with van der Waals surface area (Å²) in [6.07, 6.45) is 3.86. The van der Waals surface area contributed by atoms with Gasteiger partial charge in [-0.1, -0.05) is 23.9 Å². The molecule has 2 heterocycles. The van der Waals surface area contributed by atoms with Gasteiger partial charge in [-0.25, -0.2) is 9.97 Å². The van der Waals surface area contributed by atoms with Crippen molar-refractivity contribution in [1.29, 1.82) is 0 Å². The Hall–Kier alpha value is -2.72. The fourth-order valence-corrected chi connectivity index (χ4v) is 3.78. The maximum absolute atomic E-state index is 13.4. The highest BCUT2D eigenvalue weighted by Crippen LogP contribution is 2.55. The number of benzene rings is 2. The van der Waals surface area contributed by atoms with Crippen molar-refractivity contribution in [1.82, 2.24) is 9.97 Å². The molecule has 4 aromatic rings. The Balaban J connectivity index is 1.53. The molecule has 0 aliphatic rings. The molecule has 2 aromatic carbocycles. The molecule has 0 aliphatic carbocycles. The van der Waals surface area contributed by atoms with E-state index in [1.54, 1.807) is 36.4 Å². The van der Waals surface area contributed by atoms with Crippen molar-refractivity contribution in [3.8, 4) is 34.4 Å². The van der Waals surface area contributed by atoms with Crippen LogP contribution in [0, 0.1) is 0 Å². The Kier molecular flexibility index (Phi) is 5.61. The molecular formula is C20H14F4N2O2S2. The standard InChI is InChI=1S/C20H14F4N2O2S2/c1-30(23,24)15-8-4-13(5-9-15)17-11-26-19(28-17)18-25-10-16(27-18)12-2-6-14(7-3-12)29-20(21)22/h2-11,20H,1H3. The van der Waals surface area contributed by atoms with Crippen molar-refractivity contribution in [2.75, 3.05) is 6.26 Å². The molecule has 0 unspecified atom stereocenters. The van der Waals surface area contributed by atoms with Crippen LogP contribution in [0.5, 0.6) is 0 Å². The van der Waals surface area contributed by atoms with E-state index < -0.39 is 16.6 Å². The number of rotatable bonds is 6. The van der Waals surface area contributed by atoms with Crippen LogP contribution in [0.15, 0.2) is 79.5 Å². The zero-order valence-corrected chi connectivity index (χ0v) is 17.0. The molecule has 0 N–H and O–H groups in total. The van der Waals surface area contributed by atoms with E-state index in [1.807, 2.05) is 0 Å². The molecule has 10 heteroatoms. The second-order valence-electron chi connectivity index (χ2n) is 6.21. The lowest BCUT2D eigenvalue weighted by Gasteiger charge is -2.14. The van der Waals surface area contributed by atoms with E-state index >= 15 is 0 Å². The maximum atomic E-state index is 13.4. The summed E-state index contributed by atoms with van der Waals surface area (Å²) >= 11 is 0.462. The van der Waals surface area contributed by atoms with Crippen LogP contribution in [0.4, 0.5) is 16.6 Å². The zero-order chi connectivity index (χ0) is 21.3. The van der Waals surface area contributed by atoms with Crippen LogP contribution < -0.4 is 0 Å². The largest absolute Gasteiger partial charge is 0.432 e. The third-order valence-electron chi connectivity index (χ3n) is 4.11. The number of hydrogen-bond donors (Lipinski definition) is 0. The normalized spacial score (nSPS) is 12.5. The van der Waals surface area contributed by atoms with Gasteiger partial charge in [-0.05, 0) is 36.4 Å². The topological polar surface area (TPSA) is 52.1 Å². The summed E-state index contributed by atoms with van der Waals surface area (Å²) in [5.41, 5.74) is 1.26.